The van der Waals surface area contributed by atoms with Crippen LogP contribution in [0, 0.1) is 0 Å². The third-order valence-electron chi connectivity index (χ3n) is 2.65. The molecule has 0 rings (SSSR count). The average Bonchev–Trinajstić information content (AvgIpc) is 2.30. The first-order valence-electron chi connectivity index (χ1n) is 5.26. The highest BCUT2D eigenvalue weighted by Gasteiger charge is 2.80. The average molecular weight is 408 g/mol. The van der Waals surface area contributed by atoms with Gasteiger partial charge in [-0.3, -0.25) is 9.59 Å². The van der Waals surface area contributed by atoms with E-state index in [-0.39, 0.29) is 0 Å². The summed E-state index contributed by atoms with van der Waals surface area (Å²) in [5, 5.41) is 0. The van der Waals surface area contributed by atoms with Gasteiger partial charge >= 0.3 is 36.0 Å². The molecule has 0 aliphatic rings. The maximum Gasteiger partial charge on any atom is 0.439 e. The Morgan fingerprint density at radius 3 is 0.720 bits per heavy atom. The first-order valence-corrected chi connectivity index (χ1v) is 5.26. The molecule has 16 heteroatoms. The van der Waals surface area contributed by atoms with Crippen LogP contribution in [0.3, 0.4) is 0 Å². The summed E-state index contributed by atoms with van der Waals surface area (Å²) in [4.78, 5) is 21.5. The maximum atomic E-state index is 13.1. The molecule has 0 amide bonds. The molecule has 0 saturated carbocycles. The van der Waals surface area contributed by atoms with Crippen molar-refractivity contribution < 1.29 is 71.1 Å². The van der Waals surface area contributed by atoms with Crippen molar-refractivity contribution in [3.63, 3.8) is 0 Å². The Bertz CT molecular complexity index is 456. The van der Waals surface area contributed by atoms with E-state index in [9.17, 15) is 71.1 Å². The zero-order chi connectivity index (χ0) is 20.9. The lowest BCUT2D eigenvalue weighted by Gasteiger charge is -2.31. The Kier molecular flexibility index (Phi) is 5.57. The van der Waals surface area contributed by atoms with E-state index in [0.717, 1.165) is 0 Å². The Morgan fingerprint density at radius 1 is 0.440 bits per heavy atom. The third-order valence-corrected chi connectivity index (χ3v) is 2.65. The first-order chi connectivity index (χ1) is 10.5. The molecular weight excluding hydrogens is 406 g/mol. The van der Waals surface area contributed by atoms with Crippen LogP contribution in [-0.4, -0.2) is 47.6 Å². The maximum absolute atomic E-state index is 13.1. The molecule has 0 aromatic heterocycles. The summed E-state index contributed by atoms with van der Waals surface area (Å²) in [7, 11) is 0. The summed E-state index contributed by atoms with van der Waals surface area (Å²) in [6.45, 7) is 0. The van der Waals surface area contributed by atoms with E-state index >= 15 is 0 Å². The summed E-state index contributed by atoms with van der Waals surface area (Å²) in [6, 6.07) is 0. The molecule has 0 aliphatic carbocycles. The van der Waals surface area contributed by atoms with Crippen LogP contribution >= 0.6 is 0 Å². The highest BCUT2D eigenvalue weighted by molar-refractivity contribution is 6.07. The molecule has 0 fully saturated rings. The molecule has 25 heavy (non-hydrogen) atoms. The van der Waals surface area contributed by atoms with Crippen LogP contribution in [0.4, 0.5) is 61.5 Å². The van der Waals surface area contributed by atoms with E-state index in [1.54, 1.807) is 0 Å². The fourth-order valence-electron chi connectivity index (χ4n) is 1.34. The molecule has 0 unspecified atom stereocenters. The van der Waals surface area contributed by atoms with Gasteiger partial charge in [0.1, 0.15) is 0 Å². The van der Waals surface area contributed by atoms with Crippen LogP contribution in [0.15, 0.2) is 0 Å². The number of halogens is 14. The molecule has 0 saturated heterocycles. The molecule has 0 heterocycles. The van der Waals surface area contributed by atoms with E-state index in [1.165, 1.54) is 0 Å². The number of ketones is 2. The normalized spacial score (nSPS) is 15.3. The first kappa shape index (κ1) is 23.4. The van der Waals surface area contributed by atoms with Gasteiger partial charge in [0.15, 0.2) is 11.6 Å². The van der Waals surface area contributed by atoms with Crippen molar-refractivity contribution in [3.8, 4) is 0 Å². The molecule has 0 aliphatic heterocycles. The minimum absolute atomic E-state index is 3.62. The fraction of sp³-hybridized carbons (Fsp3) is 0.778. The van der Waals surface area contributed by atoms with Crippen molar-refractivity contribution in [2.24, 2.45) is 0 Å². The van der Waals surface area contributed by atoms with Gasteiger partial charge in [0.25, 0.3) is 0 Å². The molecule has 0 N–H and O–H groups in total. The van der Waals surface area contributed by atoms with E-state index < -0.39 is 54.0 Å². The minimum Gasteiger partial charge on any atom is -0.295 e. The van der Waals surface area contributed by atoms with Gasteiger partial charge in [-0.15, -0.1) is 0 Å². The highest BCUT2D eigenvalue weighted by Crippen LogP contribution is 2.50. The quantitative estimate of drug-likeness (QED) is 0.517. The van der Waals surface area contributed by atoms with Crippen molar-refractivity contribution in [2.45, 2.75) is 42.5 Å². The van der Waals surface area contributed by atoms with Gasteiger partial charge in [-0.1, -0.05) is 0 Å². The lowest BCUT2D eigenvalue weighted by Crippen LogP contribution is -2.63. The number of carbonyl (C=O) groups is 2. The van der Waals surface area contributed by atoms with Crippen molar-refractivity contribution >= 4 is 11.6 Å². The second-order valence-corrected chi connectivity index (χ2v) is 4.33. The monoisotopic (exact) mass is 408 g/mol. The van der Waals surface area contributed by atoms with Gasteiger partial charge in [-0.05, 0) is 0 Å². The Labute approximate surface area is 126 Å². The van der Waals surface area contributed by atoms with Gasteiger partial charge in [0.2, 0.25) is 0 Å². The van der Waals surface area contributed by atoms with Gasteiger partial charge in [0.05, 0.1) is 6.42 Å². The second kappa shape index (κ2) is 5.96. The second-order valence-electron chi connectivity index (χ2n) is 4.33. The Hall–Kier alpha value is -1.64. The molecule has 0 bridgehead atoms. The number of carbonyl (C=O) groups excluding carboxylic acids is 2. The Morgan fingerprint density at radius 2 is 0.600 bits per heavy atom. The van der Waals surface area contributed by atoms with Crippen LogP contribution in [0.1, 0.15) is 6.42 Å². The van der Waals surface area contributed by atoms with Crippen LogP contribution in [0.25, 0.3) is 0 Å². The topological polar surface area (TPSA) is 34.1 Å². The fourth-order valence-corrected chi connectivity index (χ4v) is 1.34. The van der Waals surface area contributed by atoms with Crippen molar-refractivity contribution in [3.05, 3.63) is 0 Å². The molecule has 148 valence electrons. The van der Waals surface area contributed by atoms with E-state index in [2.05, 4.69) is 0 Å². The highest BCUT2D eigenvalue weighted by atomic mass is 19.4. The number of hydrogen-bond acceptors (Lipinski definition) is 2. The summed E-state index contributed by atoms with van der Waals surface area (Å²) < 4.78 is 171. The molecular formula is C9H2F14O2. The molecule has 0 aromatic carbocycles. The number of rotatable bonds is 4. The molecule has 0 atom stereocenters. The number of hydrogen-bond donors (Lipinski definition) is 0. The van der Waals surface area contributed by atoms with Crippen LogP contribution in [0.5, 0.6) is 0 Å². The molecule has 0 radical (unpaired) electrons. The van der Waals surface area contributed by atoms with E-state index in [0.29, 0.717) is 0 Å². The van der Waals surface area contributed by atoms with E-state index in [4.69, 9.17) is 0 Å². The summed E-state index contributed by atoms with van der Waals surface area (Å²) in [6.07, 6.45) is -32.4. The lowest BCUT2D eigenvalue weighted by atomic mass is 9.89. The summed E-state index contributed by atoms with van der Waals surface area (Å²) in [5.74, 6) is -8.18. The smallest absolute Gasteiger partial charge is 0.295 e. The zero-order valence-corrected chi connectivity index (χ0v) is 10.8. The lowest BCUT2D eigenvalue weighted by molar-refractivity contribution is -0.327. The van der Waals surface area contributed by atoms with Gasteiger partial charge < -0.3 is 0 Å². The largest absolute Gasteiger partial charge is 0.439 e. The van der Waals surface area contributed by atoms with Crippen molar-refractivity contribution in [2.75, 3.05) is 0 Å². The number of alkyl halides is 14. The van der Waals surface area contributed by atoms with Gasteiger partial charge in [0, 0.05) is 0 Å². The van der Waals surface area contributed by atoms with Crippen LogP contribution in [0.2, 0.25) is 0 Å². The SMILES string of the molecule is O=C(CC(=O)C(F)(C(F)(F)F)C(F)(F)F)C(F)(C(F)(F)F)C(F)(F)F. The third kappa shape index (κ3) is 3.65. The van der Waals surface area contributed by atoms with Crippen molar-refractivity contribution in [1.29, 1.82) is 0 Å². The Balaban J connectivity index is 6.08. The summed E-state index contributed by atoms with van der Waals surface area (Å²) in [5.41, 5.74) is -14.0. The van der Waals surface area contributed by atoms with Gasteiger partial charge in [-0.25, -0.2) is 8.78 Å². The molecule has 0 spiro atoms. The number of Topliss-reactive ketones (excluding diaryl/α,β-unsaturated/α-hetero) is 2. The van der Waals surface area contributed by atoms with Crippen LogP contribution < -0.4 is 0 Å². The van der Waals surface area contributed by atoms with Crippen molar-refractivity contribution in [1.82, 2.24) is 0 Å². The predicted molar refractivity (Wildman–Crippen MR) is 46.5 cm³/mol. The minimum atomic E-state index is -7.20. The van der Waals surface area contributed by atoms with Gasteiger partial charge in [-0.2, -0.15) is 52.7 Å². The van der Waals surface area contributed by atoms with Crippen LogP contribution in [-0.2, 0) is 9.59 Å². The predicted octanol–water partition coefficient (Wildman–Crippen LogP) is 4.18. The molecule has 0 aromatic rings. The standard InChI is InChI=1S/C9H2F14O2/c10-4(6(12,13)14,7(15,16)17)2(24)1-3(25)5(11,8(18,19)20)9(21,22)23/h1H2. The molecule has 2 nitrogen and oxygen atoms in total. The zero-order valence-electron chi connectivity index (χ0n) is 10.8. The van der Waals surface area contributed by atoms with E-state index in [1.807, 2.05) is 0 Å². The summed E-state index contributed by atoms with van der Waals surface area (Å²) >= 11 is 0.